The minimum Gasteiger partial charge on any atom is -0.496 e. The third-order valence-corrected chi connectivity index (χ3v) is 3.90. The Morgan fingerprint density at radius 1 is 1.42 bits per heavy atom. The second-order valence-corrected chi connectivity index (χ2v) is 5.62. The van der Waals surface area contributed by atoms with Crippen molar-refractivity contribution in [3.05, 3.63) is 28.8 Å². The zero-order valence-electron chi connectivity index (χ0n) is 12.2. The van der Waals surface area contributed by atoms with Crippen molar-refractivity contribution in [3.8, 4) is 5.75 Å². The van der Waals surface area contributed by atoms with Crippen LogP contribution in [0.1, 0.15) is 47.7 Å². The largest absolute Gasteiger partial charge is 0.496 e. The van der Waals surface area contributed by atoms with Gasteiger partial charge in [0.15, 0.2) is 5.78 Å². The van der Waals surface area contributed by atoms with E-state index in [0.29, 0.717) is 5.92 Å². The fourth-order valence-electron chi connectivity index (χ4n) is 2.69. The first kappa shape index (κ1) is 14.1. The minimum atomic E-state index is 0.132. The lowest BCUT2D eigenvalue weighted by atomic mass is 9.90. The molecular formula is C16H23NO2. The van der Waals surface area contributed by atoms with Crippen molar-refractivity contribution in [1.29, 1.82) is 0 Å². The van der Waals surface area contributed by atoms with Crippen molar-refractivity contribution in [2.45, 2.75) is 33.1 Å². The Bertz CT molecular complexity index is 474. The number of nitrogens with one attached hydrogen (secondary N) is 1. The summed E-state index contributed by atoms with van der Waals surface area (Å²) in [7, 11) is 1.68. The van der Waals surface area contributed by atoms with Gasteiger partial charge in [-0.05, 0) is 49.1 Å². The van der Waals surface area contributed by atoms with Gasteiger partial charge in [0.25, 0.3) is 0 Å². The molecule has 1 aromatic rings. The Hall–Kier alpha value is -1.35. The summed E-state index contributed by atoms with van der Waals surface area (Å²) in [5.41, 5.74) is 2.98. The number of rotatable bonds is 4. The maximum Gasteiger partial charge on any atom is 0.167 e. The van der Waals surface area contributed by atoms with Crippen molar-refractivity contribution in [3.63, 3.8) is 0 Å². The van der Waals surface area contributed by atoms with Crippen LogP contribution in [-0.4, -0.2) is 26.0 Å². The highest BCUT2D eigenvalue weighted by atomic mass is 16.5. The summed E-state index contributed by atoms with van der Waals surface area (Å²) in [5.74, 6) is 1.64. The van der Waals surface area contributed by atoms with Gasteiger partial charge in [-0.15, -0.1) is 0 Å². The van der Waals surface area contributed by atoms with Gasteiger partial charge in [-0.2, -0.15) is 0 Å². The summed E-state index contributed by atoms with van der Waals surface area (Å²) in [6.07, 6.45) is 0.946. The van der Waals surface area contributed by atoms with Crippen LogP contribution in [0.3, 0.4) is 0 Å². The number of hydrogen-bond acceptors (Lipinski definition) is 3. The number of benzene rings is 1. The van der Waals surface area contributed by atoms with E-state index in [1.165, 1.54) is 0 Å². The van der Waals surface area contributed by atoms with Crippen LogP contribution in [0, 0.1) is 12.8 Å². The van der Waals surface area contributed by atoms with Crippen LogP contribution in [0.5, 0.6) is 5.75 Å². The van der Waals surface area contributed by atoms with Crippen LogP contribution in [0.15, 0.2) is 12.1 Å². The van der Waals surface area contributed by atoms with E-state index in [0.717, 1.165) is 42.0 Å². The van der Waals surface area contributed by atoms with Crippen molar-refractivity contribution in [2.75, 3.05) is 20.2 Å². The molecule has 3 nitrogen and oxygen atoms in total. The molecule has 2 rings (SSSR count). The molecule has 0 bridgehead atoms. The highest BCUT2D eigenvalue weighted by Crippen LogP contribution is 2.31. The molecule has 1 heterocycles. The molecule has 1 aliphatic heterocycles. The SMILES string of the molecule is COc1cc(C)c(C(=O)C2CCNC2)cc1C(C)C. The van der Waals surface area contributed by atoms with Gasteiger partial charge in [-0.3, -0.25) is 4.79 Å². The molecule has 1 N–H and O–H groups in total. The smallest absolute Gasteiger partial charge is 0.167 e. The summed E-state index contributed by atoms with van der Waals surface area (Å²) in [6, 6.07) is 4.02. The topological polar surface area (TPSA) is 38.3 Å². The van der Waals surface area contributed by atoms with Crippen LogP contribution in [0.4, 0.5) is 0 Å². The van der Waals surface area contributed by atoms with Gasteiger partial charge in [0, 0.05) is 18.0 Å². The second kappa shape index (κ2) is 5.74. The first-order valence-corrected chi connectivity index (χ1v) is 6.98. The number of Topliss-reactive ketones (excluding diaryl/α,β-unsaturated/α-hetero) is 1. The molecule has 0 amide bonds. The number of methoxy groups -OCH3 is 1. The van der Waals surface area contributed by atoms with E-state index in [-0.39, 0.29) is 11.7 Å². The fourth-order valence-corrected chi connectivity index (χ4v) is 2.69. The predicted octanol–water partition coefficient (Wildman–Crippen LogP) is 2.92. The lowest BCUT2D eigenvalue weighted by molar-refractivity contribution is 0.0929. The number of ketones is 1. The van der Waals surface area contributed by atoms with E-state index < -0.39 is 0 Å². The van der Waals surface area contributed by atoms with E-state index in [1.54, 1.807) is 7.11 Å². The van der Waals surface area contributed by atoms with Gasteiger partial charge in [-0.1, -0.05) is 13.8 Å². The molecule has 0 aromatic heterocycles. The van der Waals surface area contributed by atoms with E-state index in [1.807, 2.05) is 19.1 Å². The van der Waals surface area contributed by atoms with Gasteiger partial charge in [0.1, 0.15) is 5.75 Å². The molecule has 19 heavy (non-hydrogen) atoms. The maximum atomic E-state index is 12.6. The summed E-state index contributed by atoms with van der Waals surface area (Å²) in [4.78, 5) is 12.6. The van der Waals surface area contributed by atoms with Crippen LogP contribution in [0.2, 0.25) is 0 Å². The molecule has 104 valence electrons. The molecule has 1 atom stereocenters. The van der Waals surface area contributed by atoms with E-state index in [9.17, 15) is 4.79 Å². The summed E-state index contributed by atoms with van der Waals surface area (Å²) < 4.78 is 5.42. The standard InChI is InChI=1S/C16H23NO2/c1-10(2)13-8-14(11(3)7-15(13)19-4)16(18)12-5-6-17-9-12/h7-8,10,12,17H,5-6,9H2,1-4H3. The zero-order valence-corrected chi connectivity index (χ0v) is 12.2. The third kappa shape index (κ3) is 2.81. The van der Waals surface area contributed by atoms with Crippen LogP contribution in [-0.2, 0) is 0 Å². The highest BCUT2D eigenvalue weighted by Gasteiger charge is 2.25. The van der Waals surface area contributed by atoms with Crippen LogP contribution < -0.4 is 10.1 Å². The monoisotopic (exact) mass is 261 g/mol. The normalized spacial score (nSPS) is 18.9. The first-order chi connectivity index (χ1) is 9.04. The molecule has 1 unspecified atom stereocenters. The van der Waals surface area contributed by atoms with Crippen LogP contribution >= 0.6 is 0 Å². The van der Waals surface area contributed by atoms with E-state index in [4.69, 9.17) is 4.74 Å². The quantitative estimate of drug-likeness (QED) is 0.847. The molecule has 1 saturated heterocycles. The van der Waals surface area contributed by atoms with Crippen molar-refractivity contribution in [2.24, 2.45) is 5.92 Å². The summed E-state index contributed by atoms with van der Waals surface area (Å²) >= 11 is 0. The molecular weight excluding hydrogens is 238 g/mol. The van der Waals surface area contributed by atoms with Gasteiger partial charge < -0.3 is 10.1 Å². The molecule has 1 aromatic carbocycles. The van der Waals surface area contributed by atoms with Gasteiger partial charge in [0.2, 0.25) is 0 Å². The van der Waals surface area contributed by atoms with Gasteiger partial charge in [-0.25, -0.2) is 0 Å². The fraction of sp³-hybridized carbons (Fsp3) is 0.562. The number of carbonyl (C=O) groups excluding carboxylic acids is 1. The minimum absolute atomic E-state index is 0.132. The van der Waals surface area contributed by atoms with Crippen molar-refractivity contribution in [1.82, 2.24) is 5.32 Å². The average Bonchev–Trinajstić information content (AvgIpc) is 2.91. The summed E-state index contributed by atoms with van der Waals surface area (Å²) in [5, 5.41) is 3.26. The van der Waals surface area contributed by atoms with Crippen LogP contribution in [0.25, 0.3) is 0 Å². The number of aryl methyl sites for hydroxylation is 1. The third-order valence-electron chi connectivity index (χ3n) is 3.90. The molecule has 0 aliphatic carbocycles. The average molecular weight is 261 g/mol. The molecule has 3 heteroatoms. The zero-order chi connectivity index (χ0) is 14.0. The molecule has 0 radical (unpaired) electrons. The Balaban J connectivity index is 2.39. The predicted molar refractivity (Wildman–Crippen MR) is 77.1 cm³/mol. The van der Waals surface area contributed by atoms with E-state index >= 15 is 0 Å². The number of hydrogen-bond donors (Lipinski definition) is 1. The Labute approximate surface area is 115 Å². The Morgan fingerprint density at radius 3 is 2.68 bits per heavy atom. The number of carbonyl (C=O) groups is 1. The molecule has 1 aliphatic rings. The number of ether oxygens (including phenoxy) is 1. The second-order valence-electron chi connectivity index (χ2n) is 5.62. The lowest BCUT2D eigenvalue weighted by Crippen LogP contribution is -2.19. The Morgan fingerprint density at radius 2 is 2.16 bits per heavy atom. The van der Waals surface area contributed by atoms with Crippen molar-refractivity contribution >= 4 is 5.78 Å². The van der Waals surface area contributed by atoms with Gasteiger partial charge in [0.05, 0.1) is 7.11 Å². The molecule has 1 fully saturated rings. The molecule has 0 spiro atoms. The lowest BCUT2D eigenvalue weighted by Gasteiger charge is -2.17. The first-order valence-electron chi connectivity index (χ1n) is 6.98. The summed E-state index contributed by atoms with van der Waals surface area (Å²) in [6.45, 7) is 7.99. The Kier molecular flexibility index (Phi) is 4.25. The van der Waals surface area contributed by atoms with Gasteiger partial charge >= 0.3 is 0 Å². The van der Waals surface area contributed by atoms with Crippen molar-refractivity contribution < 1.29 is 9.53 Å². The maximum absolute atomic E-state index is 12.6. The van der Waals surface area contributed by atoms with E-state index in [2.05, 4.69) is 19.2 Å². The molecule has 0 saturated carbocycles. The highest BCUT2D eigenvalue weighted by molar-refractivity contribution is 5.99.